The summed E-state index contributed by atoms with van der Waals surface area (Å²) in [5, 5.41) is 22.6. The van der Waals surface area contributed by atoms with Crippen LogP contribution in [0.15, 0.2) is 42.5 Å². The molecule has 0 aromatic heterocycles. The number of carbonyl (C=O) groups is 1. The average Bonchev–Trinajstić information content (AvgIpc) is 2.95. The molecule has 0 bridgehead atoms. The van der Waals surface area contributed by atoms with Crippen molar-refractivity contribution in [2.75, 3.05) is 38.0 Å². The third-order valence-corrected chi connectivity index (χ3v) is 5.28. The van der Waals surface area contributed by atoms with Crippen LogP contribution in [0.1, 0.15) is 17.5 Å². The predicted molar refractivity (Wildman–Crippen MR) is 114 cm³/mol. The topological polar surface area (TPSA) is 103 Å². The first-order chi connectivity index (χ1) is 14.4. The number of nitriles is 1. The summed E-state index contributed by atoms with van der Waals surface area (Å²) in [6, 6.07) is 13.9. The molecule has 3 rings (SSSR count). The van der Waals surface area contributed by atoms with Gasteiger partial charge in [-0.1, -0.05) is 23.7 Å². The van der Waals surface area contributed by atoms with Crippen molar-refractivity contribution in [1.29, 1.82) is 5.26 Å². The lowest BCUT2D eigenvalue weighted by Gasteiger charge is -2.21. The van der Waals surface area contributed by atoms with Crippen molar-refractivity contribution in [2.45, 2.75) is 13.0 Å². The van der Waals surface area contributed by atoms with Crippen LogP contribution in [0.2, 0.25) is 5.02 Å². The summed E-state index contributed by atoms with van der Waals surface area (Å²) >= 11 is 5.81. The molecule has 1 aliphatic rings. The molecule has 2 aromatic carbocycles. The van der Waals surface area contributed by atoms with Crippen molar-refractivity contribution in [2.24, 2.45) is 0 Å². The Hall–Kier alpha value is -2.99. The Morgan fingerprint density at radius 1 is 1.13 bits per heavy atom. The van der Waals surface area contributed by atoms with Gasteiger partial charge in [-0.05, 0) is 49.3 Å². The van der Waals surface area contributed by atoms with Crippen LogP contribution < -0.4 is 5.32 Å². The Balaban J connectivity index is 1.50. The Morgan fingerprint density at radius 3 is 2.53 bits per heavy atom. The maximum absolute atomic E-state index is 12.4. The smallest absolute Gasteiger partial charge is 0.289 e. The third-order valence-electron chi connectivity index (χ3n) is 4.96. The molecule has 9 heteroatoms. The minimum atomic E-state index is -0.574. The number of hydrogen-bond acceptors (Lipinski definition) is 6. The van der Waals surface area contributed by atoms with Crippen molar-refractivity contribution < 1.29 is 9.72 Å². The molecule has 0 radical (unpaired) electrons. The Morgan fingerprint density at radius 2 is 1.83 bits per heavy atom. The molecule has 1 aliphatic heterocycles. The van der Waals surface area contributed by atoms with E-state index in [9.17, 15) is 14.9 Å². The van der Waals surface area contributed by atoms with Crippen molar-refractivity contribution in [3.05, 3.63) is 68.7 Å². The summed E-state index contributed by atoms with van der Waals surface area (Å²) in [6.45, 7) is 4.35. The first kappa shape index (κ1) is 21.7. The largest absolute Gasteiger partial charge is 0.325 e. The van der Waals surface area contributed by atoms with E-state index in [0.717, 1.165) is 44.7 Å². The summed E-state index contributed by atoms with van der Waals surface area (Å²) in [6.07, 6.45) is 0.940. The number of halogens is 1. The van der Waals surface area contributed by atoms with Gasteiger partial charge in [0.25, 0.3) is 5.69 Å². The zero-order valence-corrected chi connectivity index (χ0v) is 17.1. The van der Waals surface area contributed by atoms with E-state index in [1.54, 1.807) is 6.07 Å². The lowest BCUT2D eigenvalue weighted by molar-refractivity contribution is -0.384. The van der Waals surface area contributed by atoms with Crippen molar-refractivity contribution in [3.8, 4) is 6.07 Å². The van der Waals surface area contributed by atoms with Gasteiger partial charge in [0, 0.05) is 31.4 Å². The SMILES string of the molecule is N#Cc1ccc(CN2CCCN(CC(=O)Nc3ccc(Cl)c([N+](=O)[O-])c3)CC2)cc1. The van der Waals surface area contributed by atoms with Gasteiger partial charge >= 0.3 is 0 Å². The van der Waals surface area contributed by atoms with E-state index >= 15 is 0 Å². The molecule has 8 nitrogen and oxygen atoms in total. The fraction of sp³-hybridized carbons (Fsp3) is 0.333. The highest BCUT2D eigenvalue weighted by Gasteiger charge is 2.18. The van der Waals surface area contributed by atoms with Gasteiger partial charge in [0.05, 0.1) is 23.1 Å². The second-order valence-electron chi connectivity index (χ2n) is 7.19. The highest BCUT2D eigenvalue weighted by Crippen LogP contribution is 2.27. The second kappa shape index (κ2) is 10.2. The molecule has 0 atom stereocenters. The molecule has 156 valence electrons. The quantitative estimate of drug-likeness (QED) is 0.560. The summed E-state index contributed by atoms with van der Waals surface area (Å²) in [5.74, 6) is -0.216. The maximum Gasteiger partial charge on any atom is 0.289 e. The first-order valence-electron chi connectivity index (χ1n) is 9.62. The molecule has 0 spiro atoms. The Labute approximate surface area is 179 Å². The van der Waals surface area contributed by atoms with Crippen LogP contribution in [-0.4, -0.2) is 53.4 Å². The number of carbonyl (C=O) groups excluding carboxylic acids is 1. The van der Waals surface area contributed by atoms with Crippen molar-refractivity contribution in [3.63, 3.8) is 0 Å². The van der Waals surface area contributed by atoms with Gasteiger partial charge in [-0.15, -0.1) is 0 Å². The Bertz CT molecular complexity index is 958. The van der Waals surface area contributed by atoms with E-state index in [1.165, 1.54) is 12.1 Å². The lowest BCUT2D eigenvalue weighted by atomic mass is 10.1. The minimum Gasteiger partial charge on any atom is -0.325 e. The van der Waals surface area contributed by atoms with E-state index in [1.807, 2.05) is 24.3 Å². The van der Waals surface area contributed by atoms with Crippen LogP contribution in [0.25, 0.3) is 0 Å². The second-order valence-corrected chi connectivity index (χ2v) is 7.59. The molecular formula is C21H22ClN5O3. The van der Waals surface area contributed by atoms with Gasteiger partial charge < -0.3 is 5.32 Å². The van der Waals surface area contributed by atoms with Crippen LogP contribution >= 0.6 is 11.6 Å². The highest BCUT2D eigenvalue weighted by atomic mass is 35.5. The molecular weight excluding hydrogens is 406 g/mol. The number of nitrogens with zero attached hydrogens (tertiary/aromatic N) is 4. The fourth-order valence-electron chi connectivity index (χ4n) is 3.42. The number of anilines is 1. The summed E-state index contributed by atoms with van der Waals surface area (Å²) in [5.41, 5.74) is 1.93. The van der Waals surface area contributed by atoms with E-state index in [-0.39, 0.29) is 23.2 Å². The molecule has 1 amide bonds. The van der Waals surface area contributed by atoms with Crippen molar-refractivity contribution in [1.82, 2.24) is 9.80 Å². The molecule has 2 aromatic rings. The molecule has 0 unspecified atom stereocenters. The predicted octanol–water partition coefficient (Wildman–Crippen LogP) is 3.27. The molecule has 1 heterocycles. The van der Waals surface area contributed by atoms with Gasteiger partial charge in [-0.2, -0.15) is 5.26 Å². The molecule has 0 saturated carbocycles. The number of nitrogens with one attached hydrogen (secondary N) is 1. The van der Waals surface area contributed by atoms with Crippen LogP contribution in [0, 0.1) is 21.4 Å². The van der Waals surface area contributed by atoms with Crippen molar-refractivity contribution >= 4 is 28.9 Å². The first-order valence-corrected chi connectivity index (χ1v) is 10.00. The van der Waals surface area contributed by atoms with Gasteiger partial charge in [0.2, 0.25) is 5.91 Å². The monoisotopic (exact) mass is 427 g/mol. The number of amides is 1. The van der Waals surface area contributed by atoms with E-state index in [0.29, 0.717) is 11.3 Å². The number of hydrogen-bond donors (Lipinski definition) is 1. The van der Waals surface area contributed by atoms with Gasteiger partial charge in [0.1, 0.15) is 5.02 Å². The molecule has 0 aliphatic carbocycles. The fourth-order valence-corrected chi connectivity index (χ4v) is 3.60. The third kappa shape index (κ3) is 6.00. The van der Waals surface area contributed by atoms with E-state index in [2.05, 4.69) is 21.2 Å². The van der Waals surface area contributed by atoms with Crippen LogP contribution in [0.4, 0.5) is 11.4 Å². The van der Waals surface area contributed by atoms with E-state index in [4.69, 9.17) is 16.9 Å². The zero-order chi connectivity index (χ0) is 21.5. The standard InChI is InChI=1S/C21H22ClN5O3/c22-19-7-6-18(12-20(19)27(29)30)24-21(28)15-26-9-1-8-25(10-11-26)14-17-4-2-16(13-23)3-5-17/h2-7,12H,1,8-11,14-15H2,(H,24,28). The molecule has 1 N–H and O–H groups in total. The molecule has 1 fully saturated rings. The maximum atomic E-state index is 12.4. The normalized spacial score (nSPS) is 15.2. The van der Waals surface area contributed by atoms with Crippen LogP contribution in [-0.2, 0) is 11.3 Å². The lowest BCUT2D eigenvalue weighted by Crippen LogP contribution is -2.36. The van der Waals surface area contributed by atoms with Gasteiger partial charge in [-0.3, -0.25) is 24.7 Å². The van der Waals surface area contributed by atoms with Crippen LogP contribution in [0.5, 0.6) is 0 Å². The number of benzene rings is 2. The molecule has 1 saturated heterocycles. The zero-order valence-electron chi connectivity index (χ0n) is 16.4. The van der Waals surface area contributed by atoms with Gasteiger partial charge in [-0.25, -0.2) is 0 Å². The van der Waals surface area contributed by atoms with E-state index < -0.39 is 4.92 Å². The molecule has 30 heavy (non-hydrogen) atoms. The van der Waals surface area contributed by atoms with Gasteiger partial charge in [0.15, 0.2) is 0 Å². The Kier molecular flexibility index (Phi) is 7.36. The minimum absolute atomic E-state index is 0.0351. The van der Waals surface area contributed by atoms with Crippen LogP contribution in [0.3, 0.4) is 0 Å². The summed E-state index contributed by atoms with van der Waals surface area (Å²) in [4.78, 5) is 27.2. The number of rotatable bonds is 6. The summed E-state index contributed by atoms with van der Waals surface area (Å²) in [7, 11) is 0. The highest BCUT2D eigenvalue weighted by molar-refractivity contribution is 6.32. The summed E-state index contributed by atoms with van der Waals surface area (Å²) < 4.78 is 0. The number of nitro groups is 1. The number of nitro benzene ring substituents is 1. The average molecular weight is 428 g/mol.